The van der Waals surface area contributed by atoms with Crippen LogP contribution in [-0.4, -0.2) is 76.3 Å². The van der Waals surface area contributed by atoms with Gasteiger partial charge in [0.25, 0.3) is 20.0 Å². The smallest absolute Gasteiger partial charge is 0.264 e. The van der Waals surface area contributed by atoms with Gasteiger partial charge in [-0.1, -0.05) is 34.3 Å². The fourth-order valence-electron chi connectivity index (χ4n) is 6.06. The first-order valence-electron chi connectivity index (χ1n) is 17.6. The molecule has 0 saturated heterocycles. The van der Waals surface area contributed by atoms with Crippen molar-refractivity contribution in [2.24, 2.45) is 0 Å². The summed E-state index contributed by atoms with van der Waals surface area (Å²) in [6.07, 6.45) is 3.56. The second kappa shape index (κ2) is 15.4. The van der Waals surface area contributed by atoms with Gasteiger partial charge in [-0.25, -0.2) is 60.6 Å². The maximum Gasteiger partial charge on any atom is 0.264 e. The molecule has 8 aromatic rings. The molecular formula is C37H34N14O4S3. The highest BCUT2D eigenvalue weighted by molar-refractivity contribution is 7.98. The summed E-state index contributed by atoms with van der Waals surface area (Å²) in [6, 6.07) is 23.8. The number of aromatic nitrogens is 12. The first-order chi connectivity index (χ1) is 27.8. The van der Waals surface area contributed by atoms with E-state index in [1.807, 2.05) is 28.8 Å². The van der Waals surface area contributed by atoms with Crippen LogP contribution in [0.3, 0.4) is 0 Å². The second-order valence-electron chi connectivity index (χ2n) is 13.2. The summed E-state index contributed by atoms with van der Waals surface area (Å²) in [5, 5.41) is 18.0. The molecule has 0 aliphatic heterocycles. The standard InChI is InChI=1S/C37H34N14O4S3/c1-23-17-24(2)39-35(38-23)45-57(52,53)31-13-9-29(10-14-31)50-20-27(43-47-50)19-49-34-8-6-5-7-33(34)42-37(49)56-22-28-21-51(48-44-28)30-11-15-32(16-12-30)58(54,55)46-36-40-25(3)18-26(4)41-36/h5-18,20-21H,19,22H2,1-4H3,(H,38,39,45)(H,40,41,46). The van der Waals surface area contributed by atoms with Crippen molar-refractivity contribution in [3.8, 4) is 11.4 Å². The molecule has 8 rings (SSSR count). The van der Waals surface area contributed by atoms with E-state index >= 15 is 0 Å². The summed E-state index contributed by atoms with van der Waals surface area (Å²) in [5.41, 5.74) is 6.91. The van der Waals surface area contributed by atoms with Gasteiger partial charge in [0.1, 0.15) is 5.69 Å². The van der Waals surface area contributed by atoms with E-state index in [0.29, 0.717) is 57.8 Å². The van der Waals surface area contributed by atoms with Gasteiger partial charge in [0.05, 0.1) is 56.8 Å². The molecule has 5 aromatic heterocycles. The number of hydrogen-bond acceptors (Lipinski definition) is 14. The molecule has 0 radical (unpaired) electrons. The average Bonchev–Trinajstić information content (AvgIpc) is 3.93. The zero-order chi connectivity index (χ0) is 40.6. The lowest BCUT2D eigenvalue weighted by Gasteiger charge is -2.09. The number of nitrogens with one attached hydrogen (secondary N) is 2. The summed E-state index contributed by atoms with van der Waals surface area (Å²) < 4.78 is 62.2. The predicted molar refractivity (Wildman–Crippen MR) is 216 cm³/mol. The molecule has 21 heteroatoms. The molecule has 0 atom stereocenters. The van der Waals surface area contributed by atoms with E-state index < -0.39 is 20.0 Å². The molecule has 0 aliphatic carbocycles. The van der Waals surface area contributed by atoms with E-state index in [4.69, 9.17) is 4.98 Å². The average molecular weight is 835 g/mol. The first-order valence-corrected chi connectivity index (χ1v) is 21.5. The number of anilines is 2. The molecule has 0 fully saturated rings. The Balaban J connectivity index is 0.942. The van der Waals surface area contributed by atoms with E-state index in [1.54, 1.807) is 85.9 Å². The minimum Gasteiger partial charge on any atom is -0.313 e. The maximum atomic E-state index is 13.0. The number of imidazole rings is 1. The lowest BCUT2D eigenvalue weighted by atomic mass is 10.3. The SMILES string of the molecule is Cc1cc(C)nc(NS(=O)(=O)c2ccc(-n3cc(CSc4nc5ccccc5n4Cc4cn(-c5ccc(S(=O)(=O)Nc6nc(C)cc(C)n6)cc5)nn4)nn3)cc2)n1. The molecule has 5 heterocycles. The lowest BCUT2D eigenvalue weighted by molar-refractivity contribution is 0.599. The molecule has 58 heavy (non-hydrogen) atoms. The Kier molecular flexibility index (Phi) is 10.2. The van der Waals surface area contributed by atoms with Gasteiger partial charge >= 0.3 is 0 Å². The van der Waals surface area contributed by atoms with Gasteiger partial charge in [-0.3, -0.25) is 0 Å². The van der Waals surface area contributed by atoms with Crippen LogP contribution in [-0.2, 0) is 32.3 Å². The zero-order valence-corrected chi connectivity index (χ0v) is 33.8. The first kappa shape index (κ1) is 38.3. The summed E-state index contributed by atoms with van der Waals surface area (Å²) in [7, 11) is -7.84. The molecule has 3 aromatic carbocycles. The maximum absolute atomic E-state index is 13.0. The van der Waals surface area contributed by atoms with Crippen LogP contribution in [0.4, 0.5) is 11.9 Å². The van der Waals surface area contributed by atoms with Gasteiger partial charge in [0.15, 0.2) is 5.16 Å². The number of rotatable bonds is 13. The Morgan fingerprint density at radius 2 is 1.05 bits per heavy atom. The van der Waals surface area contributed by atoms with Crippen LogP contribution in [0.15, 0.2) is 112 Å². The van der Waals surface area contributed by atoms with Crippen LogP contribution in [0.5, 0.6) is 0 Å². The molecular weight excluding hydrogens is 801 g/mol. The third-order valence-corrected chi connectivity index (χ3v) is 12.3. The Labute approximate surface area is 336 Å². The second-order valence-corrected chi connectivity index (χ2v) is 17.5. The van der Waals surface area contributed by atoms with Crippen LogP contribution in [0, 0.1) is 27.7 Å². The molecule has 0 aliphatic rings. The van der Waals surface area contributed by atoms with Crippen molar-refractivity contribution in [2.45, 2.75) is 54.9 Å². The number of sulfonamides is 2. The van der Waals surface area contributed by atoms with Crippen molar-refractivity contribution in [1.29, 1.82) is 0 Å². The molecule has 18 nitrogen and oxygen atoms in total. The van der Waals surface area contributed by atoms with Crippen LogP contribution in [0.1, 0.15) is 34.2 Å². The third kappa shape index (κ3) is 8.40. The van der Waals surface area contributed by atoms with Gasteiger partial charge in [0.2, 0.25) is 11.9 Å². The largest absolute Gasteiger partial charge is 0.313 e. The van der Waals surface area contributed by atoms with Gasteiger partial charge in [-0.15, -0.1) is 10.2 Å². The zero-order valence-electron chi connectivity index (χ0n) is 31.4. The number of nitrogens with zero attached hydrogens (tertiary/aromatic N) is 12. The lowest BCUT2D eigenvalue weighted by Crippen LogP contribution is -2.15. The highest BCUT2D eigenvalue weighted by Crippen LogP contribution is 2.28. The van der Waals surface area contributed by atoms with E-state index in [-0.39, 0.29) is 21.7 Å². The topological polar surface area (TPSA) is 223 Å². The molecule has 0 saturated carbocycles. The van der Waals surface area contributed by atoms with Gasteiger partial charge in [0, 0.05) is 28.5 Å². The number of para-hydroxylation sites is 2. The van der Waals surface area contributed by atoms with Crippen molar-refractivity contribution >= 4 is 54.7 Å². The summed E-state index contributed by atoms with van der Waals surface area (Å²) in [6.45, 7) is 7.43. The fourth-order valence-corrected chi connectivity index (χ4v) is 8.84. The summed E-state index contributed by atoms with van der Waals surface area (Å²) >= 11 is 1.48. The Morgan fingerprint density at radius 3 is 1.57 bits per heavy atom. The molecule has 0 spiro atoms. The highest BCUT2D eigenvalue weighted by atomic mass is 32.2. The van der Waals surface area contributed by atoms with E-state index in [1.165, 1.54) is 36.0 Å². The number of hydrogen-bond donors (Lipinski definition) is 2. The number of fused-ring (bicyclic) bond motifs is 1. The minimum atomic E-state index is -3.93. The highest BCUT2D eigenvalue weighted by Gasteiger charge is 2.19. The van der Waals surface area contributed by atoms with E-state index in [9.17, 15) is 16.8 Å². The van der Waals surface area contributed by atoms with Gasteiger partial charge < -0.3 is 4.57 Å². The van der Waals surface area contributed by atoms with Gasteiger partial charge in [-0.05, 0) is 100 Å². The quantitative estimate of drug-likeness (QED) is 0.147. The Morgan fingerprint density at radius 1 is 0.586 bits per heavy atom. The van der Waals surface area contributed by atoms with Crippen molar-refractivity contribution in [2.75, 3.05) is 9.44 Å². The van der Waals surface area contributed by atoms with Gasteiger partial charge in [-0.2, -0.15) is 0 Å². The molecule has 0 bridgehead atoms. The van der Waals surface area contributed by atoms with Crippen LogP contribution >= 0.6 is 11.8 Å². The van der Waals surface area contributed by atoms with Crippen molar-refractivity contribution in [1.82, 2.24) is 59.5 Å². The van der Waals surface area contributed by atoms with E-state index in [2.05, 4.69) is 50.0 Å². The van der Waals surface area contributed by atoms with Crippen molar-refractivity contribution in [3.63, 3.8) is 0 Å². The third-order valence-electron chi connectivity index (χ3n) is 8.61. The number of benzene rings is 3. The molecule has 2 N–H and O–H groups in total. The van der Waals surface area contributed by atoms with Crippen LogP contribution < -0.4 is 9.44 Å². The Hall–Kier alpha value is -6.58. The summed E-state index contributed by atoms with van der Waals surface area (Å²) in [5.74, 6) is 0.468. The number of aryl methyl sites for hydroxylation is 4. The Bertz CT molecular complexity index is 2980. The molecule has 0 unspecified atom stereocenters. The normalized spacial score (nSPS) is 11.9. The fraction of sp³-hybridized carbons (Fsp3) is 0.162. The van der Waals surface area contributed by atoms with Crippen LogP contribution in [0.2, 0.25) is 0 Å². The number of thioether (sulfide) groups is 1. The monoisotopic (exact) mass is 834 g/mol. The van der Waals surface area contributed by atoms with Crippen molar-refractivity contribution < 1.29 is 16.8 Å². The minimum absolute atomic E-state index is 0.00986. The van der Waals surface area contributed by atoms with Crippen LogP contribution in [0.25, 0.3) is 22.4 Å². The molecule has 294 valence electrons. The van der Waals surface area contributed by atoms with E-state index in [0.717, 1.165) is 16.2 Å². The molecule has 0 amide bonds. The summed E-state index contributed by atoms with van der Waals surface area (Å²) in [4.78, 5) is 21.6. The predicted octanol–water partition coefficient (Wildman–Crippen LogP) is 4.95. The van der Waals surface area contributed by atoms with Crippen molar-refractivity contribution in [3.05, 3.63) is 131 Å².